The topological polar surface area (TPSA) is 41.7 Å². The molecule has 1 amide bonds. The van der Waals surface area contributed by atoms with Gasteiger partial charge in [0.2, 0.25) is 0 Å². The molecule has 4 nitrogen and oxygen atoms in total. The molecule has 2 aromatic heterocycles. The molecule has 1 aromatic carbocycles. The number of benzene rings is 1. The average Bonchev–Trinajstić information content (AvgIpc) is 3.17. The highest BCUT2D eigenvalue weighted by atomic mass is 32.1. The summed E-state index contributed by atoms with van der Waals surface area (Å²) in [6, 6.07) is 12.3. The molecule has 2 heterocycles. The van der Waals surface area contributed by atoms with Crippen LogP contribution in [0.25, 0.3) is 16.0 Å². The predicted octanol–water partition coefficient (Wildman–Crippen LogP) is 3.98. The Kier molecular flexibility index (Phi) is 4.35. The Morgan fingerprint density at radius 1 is 1.17 bits per heavy atom. The molecule has 0 aliphatic rings. The molecular formula is C18H21N2O2S+. The van der Waals surface area contributed by atoms with Crippen molar-refractivity contribution < 1.29 is 14.6 Å². The maximum Gasteiger partial charge on any atom is 0.351 e. The number of hydroxylamine groups is 3. The molecule has 0 fully saturated rings. The lowest BCUT2D eigenvalue weighted by Crippen LogP contribution is -2.50. The van der Waals surface area contributed by atoms with Crippen molar-refractivity contribution in [2.75, 3.05) is 13.1 Å². The van der Waals surface area contributed by atoms with E-state index in [1.165, 1.54) is 0 Å². The first kappa shape index (κ1) is 15.9. The summed E-state index contributed by atoms with van der Waals surface area (Å²) in [5.41, 5.74) is 3.23. The predicted molar refractivity (Wildman–Crippen MR) is 92.5 cm³/mol. The van der Waals surface area contributed by atoms with Crippen LogP contribution < -0.4 is 0 Å². The van der Waals surface area contributed by atoms with Gasteiger partial charge in [-0.05, 0) is 25.5 Å². The van der Waals surface area contributed by atoms with Crippen molar-refractivity contribution in [3.63, 3.8) is 0 Å². The van der Waals surface area contributed by atoms with Crippen LogP contribution in [0.4, 0.5) is 0 Å². The molecule has 3 rings (SSSR count). The Balaban J connectivity index is 1.91. The van der Waals surface area contributed by atoms with Crippen molar-refractivity contribution in [3.8, 4) is 11.1 Å². The Morgan fingerprint density at radius 3 is 2.52 bits per heavy atom. The zero-order valence-electron chi connectivity index (χ0n) is 13.4. The zero-order valence-corrected chi connectivity index (χ0v) is 14.2. The number of hydrogen-bond donors (Lipinski definition) is 1. The van der Waals surface area contributed by atoms with Crippen LogP contribution in [0.15, 0.2) is 48.0 Å². The lowest BCUT2D eigenvalue weighted by molar-refractivity contribution is -1.04. The van der Waals surface area contributed by atoms with E-state index in [0.717, 1.165) is 21.7 Å². The van der Waals surface area contributed by atoms with E-state index in [9.17, 15) is 10.0 Å². The Bertz CT molecular complexity index is 816. The molecule has 5 heteroatoms. The lowest BCUT2D eigenvalue weighted by Gasteiger charge is -2.24. The first-order valence-corrected chi connectivity index (χ1v) is 8.72. The second-order valence-corrected chi connectivity index (χ2v) is 6.55. The fraction of sp³-hybridized carbons (Fsp3) is 0.278. The monoisotopic (exact) mass is 329 g/mol. The van der Waals surface area contributed by atoms with Crippen LogP contribution in [-0.4, -0.2) is 33.3 Å². The van der Waals surface area contributed by atoms with E-state index in [4.69, 9.17) is 0 Å². The molecular weight excluding hydrogens is 308 g/mol. The molecule has 0 aliphatic heterocycles. The summed E-state index contributed by atoms with van der Waals surface area (Å²) in [6.07, 6.45) is 2.30. The molecule has 0 spiro atoms. The normalized spacial score (nSPS) is 12.0. The highest BCUT2D eigenvalue weighted by molar-refractivity contribution is 7.15. The molecule has 0 saturated carbocycles. The van der Waals surface area contributed by atoms with E-state index < -0.39 is 4.65 Å². The standard InChI is InChI=1S/C18H21N2O2S/c1-3-20(22,4-2)18(21)11-16-13-23-17-10-15(12-19(16)17)14-8-6-5-7-9-14/h5-10,12-13,22H,3-4,11H2,1-2H3/q+1. The van der Waals surface area contributed by atoms with E-state index in [2.05, 4.69) is 28.8 Å². The summed E-state index contributed by atoms with van der Waals surface area (Å²) in [5.74, 6) is -0.162. The summed E-state index contributed by atoms with van der Waals surface area (Å²) < 4.78 is 1.55. The van der Waals surface area contributed by atoms with Gasteiger partial charge in [-0.2, -0.15) is 0 Å². The molecule has 0 aliphatic carbocycles. The fourth-order valence-electron chi connectivity index (χ4n) is 2.74. The summed E-state index contributed by atoms with van der Waals surface area (Å²) in [5, 5.41) is 12.3. The van der Waals surface area contributed by atoms with Crippen molar-refractivity contribution in [2.24, 2.45) is 0 Å². The maximum absolute atomic E-state index is 12.4. The molecule has 0 unspecified atom stereocenters. The van der Waals surface area contributed by atoms with Crippen LogP contribution >= 0.6 is 11.3 Å². The molecule has 1 N–H and O–H groups in total. The van der Waals surface area contributed by atoms with Crippen LogP contribution in [0.5, 0.6) is 0 Å². The van der Waals surface area contributed by atoms with Gasteiger partial charge in [0.05, 0.1) is 4.83 Å². The van der Waals surface area contributed by atoms with Gasteiger partial charge in [0.1, 0.15) is 19.5 Å². The van der Waals surface area contributed by atoms with Crippen molar-refractivity contribution in [1.29, 1.82) is 0 Å². The van der Waals surface area contributed by atoms with Crippen LogP contribution in [-0.2, 0) is 11.2 Å². The van der Waals surface area contributed by atoms with Crippen molar-refractivity contribution in [1.82, 2.24) is 4.40 Å². The van der Waals surface area contributed by atoms with E-state index in [1.807, 2.05) is 37.4 Å². The first-order chi connectivity index (χ1) is 11.1. The Morgan fingerprint density at radius 2 is 1.87 bits per heavy atom. The van der Waals surface area contributed by atoms with Crippen LogP contribution in [0.1, 0.15) is 19.5 Å². The number of rotatable bonds is 5. The van der Waals surface area contributed by atoms with Crippen molar-refractivity contribution >= 4 is 22.1 Å². The third-order valence-corrected chi connectivity index (χ3v) is 5.31. The number of amides is 1. The zero-order chi connectivity index (χ0) is 16.4. The molecule has 0 bridgehead atoms. The first-order valence-electron chi connectivity index (χ1n) is 7.84. The average molecular weight is 329 g/mol. The van der Waals surface area contributed by atoms with Gasteiger partial charge in [0, 0.05) is 22.8 Å². The van der Waals surface area contributed by atoms with Crippen molar-refractivity contribution in [3.05, 3.63) is 53.7 Å². The number of hydrogen-bond acceptors (Lipinski definition) is 3. The van der Waals surface area contributed by atoms with E-state index in [1.54, 1.807) is 11.3 Å². The highest BCUT2D eigenvalue weighted by Crippen LogP contribution is 2.27. The number of carbonyl (C=O) groups is 1. The molecule has 120 valence electrons. The summed E-state index contributed by atoms with van der Waals surface area (Å²) in [7, 11) is 0. The van der Waals surface area contributed by atoms with Gasteiger partial charge in [-0.15, -0.1) is 16.0 Å². The van der Waals surface area contributed by atoms with Gasteiger partial charge in [0.15, 0.2) is 0 Å². The summed E-state index contributed by atoms with van der Waals surface area (Å²) >= 11 is 1.62. The molecule has 0 saturated heterocycles. The second-order valence-electron chi connectivity index (χ2n) is 5.66. The molecule has 23 heavy (non-hydrogen) atoms. The van der Waals surface area contributed by atoms with E-state index >= 15 is 0 Å². The number of likely N-dealkylation sites (N-methyl/N-ethyl adjacent to an activating group) is 1. The molecule has 0 atom stereocenters. The minimum atomic E-state index is -0.510. The van der Waals surface area contributed by atoms with Gasteiger partial charge in [-0.1, -0.05) is 30.3 Å². The lowest BCUT2D eigenvalue weighted by atomic mass is 10.1. The SMILES string of the molecule is CC[N+](O)(CC)C(=O)Cc1csc2cc(-c3ccccc3)cn12. The smallest absolute Gasteiger partial charge is 0.310 e. The number of aromatic nitrogens is 1. The number of fused-ring (bicyclic) bond motifs is 1. The summed E-state index contributed by atoms with van der Waals surface area (Å²) in [6.45, 7) is 4.44. The maximum atomic E-state index is 12.4. The number of quaternary nitrogens is 1. The van der Waals surface area contributed by atoms with Gasteiger partial charge in [-0.25, -0.2) is 10.0 Å². The fourth-order valence-corrected chi connectivity index (χ4v) is 3.67. The number of thiazole rings is 1. The summed E-state index contributed by atoms with van der Waals surface area (Å²) in [4.78, 5) is 13.5. The van der Waals surface area contributed by atoms with E-state index in [-0.39, 0.29) is 12.3 Å². The van der Waals surface area contributed by atoms with Gasteiger partial charge >= 0.3 is 5.91 Å². The third-order valence-electron chi connectivity index (χ3n) is 4.36. The molecule has 0 radical (unpaired) electrons. The van der Waals surface area contributed by atoms with Crippen LogP contribution in [0.2, 0.25) is 0 Å². The van der Waals surface area contributed by atoms with Crippen LogP contribution in [0.3, 0.4) is 0 Å². The van der Waals surface area contributed by atoms with Gasteiger partial charge in [0.25, 0.3) is 0 Å². The quantitative estimate of drug-likeness (QED) is 0.437. The van der Waals surface area contributed by atoms with Crippen LogP contribution in [0, 0.1) is 0 Å². The Labute approximate surface area is 139 Å². The number of nitrogens with zero attached hydrogens (tertiary/aromatic N) is 2. The number of carbonyl (C=O) groups excluding carboxylic acids is 1. The third kappa shape index (κ3) is 2.95. The Hall–Kier alpha value is -1.95. The van der Waals surface area contributed by atoms with E-state index in [0.29, 0.717) is 13.1 Å². The van der Waals surface area contributed by atoms with Gasteiger partial charge < -0.3 is 4.40 Å². The second kappa shape index (κ2) is 6.28. The van der Waals surface area contributed by atoms with Gasteiger partial charge in [-0.3, -0.25) is 0 Å². The largest absolute Gasteiger partial charge is 0.351 e. The highest BCUT2D eigenvalue weighted by Gasteiger charge is 2.32. The molecule has 3 aromatic rings. The minimum absolute atomic E-state index is 0.162. The van der Waals surface area contributed by atoms with Crippen molar-refractivity contribution in [2.45, 2.75) is 20.3 Å². The minimum Gasteiger partial charge on any atom is -0.310 e.